The number of nitrogens with zero attached hydrogens (tertiary/aromatic N) is 5. The van der Waals surface area contributed by atoms with E-state index in [1.165, 1.54) is 0 Å². The molecule has 1 amide bonds. The summed E-state index contributed by atoms with van der Waals surface area (Å²) in [5.41, 5.74) is 2.41. The summed E-state index contributed by atoms with van der Waals surface area (Å²) < 4.78 is 7.97. The van der Waals surface area contributed by atoms with Crippen LogP contribution in [0, 0.1) is 11.8 Å². The van der Waals surface area contributed by atoms with Crippen LogP contribution in [-0.2, 0) is 5.54 Å². The summed E-state index contributed by atoms with van der Waals surface area (Å²) in [7, 11) is 7.64. The first-order chi connectivity index (χ1) is 15.8. The van der Waals surface area contributed by atoms with Gasteiger partial charge in [0.1, 0.15) is 23.7 Å². The number of anilines is 2. The molecule has 3 aliphatic rings. The Kier molecular flexibility index (Phi) is 5.28. The fourth-order valence-corrected chi connectivity index (χ4v) is 5.07. The number of ether oxygens (including phenoxy) is 1. The highest BCUT2D eigenvalue weighted by molar-refractivity contribution is 5.98. The van der Waals surface area contributed by atoms with E-state index in [-0.39, 0.29) is 11.4 Å². The number of rotatable bonds is 8. The normalized spacial score (nSPS) is 23.2. The van der Waals surface area contributed by atoms with E-state index in [9.17, 15) is 4.79 Å². The molecular weight excluding hydrogens is 416 g/mol. The second kappa shape index (κ2) is 8.02. The Morgan fingerprint density at radius 2 is 1.94 bits per heavy atom. The van der Waals surface area contributed by atoms with Crippen LogP contribution in [0.2, 0.25) is 0 Å². The number of fused-ring (bicyclic) bond motifs is 1. The fraction of sp³-hybridized carbons (Fsp3) is 0.480. The Morgan fingerprint density at radius 3 is 2.52 bits per heavy atom. The zero-order valence-corrected chi connectivity index (χ0v) is 20.0. The molecular formula is C25H32N6O2. The molecule has 1 atom stereocenters. The highest BCUT2D eigenvalue weighted by Crippen LogP contribution is 2.67. The smallest absolute Gasteiger partial charge is 0.270 e. The lowest BCUT2D eigenvalue weighted by Gasteiger charge is -2.68. The number of carbonyl (C=O) groups is 1. The number of carbonyl (C=O) groups excluding carboxylic acids is 1. The Labute approximate surface area is 194 Å². The van der Waals surface area contributed by atoms with Gasteiger partial charge in [0.05, 0.1) is 5.54 Å². The minimum Gasteiger partial charge on any atom is -0.492 e. The molecule has 8 nitrogen and oxygen atoms in total. The van der Waals surface area contributed by atoms with Crippen molar-refractivity contribution in [1.82, 2.24) is 24.3 Å². The summed E-state index contributed by atoms with van der Waals surface area (Å²) in [4.78, 5) is 26.1. The van der Waals surface area contributed by atoms with Crippen molar-refractivity contribution in [2.45, 2.75) is 25.3 Å². The molecule has 1 N–H and O–H groups in total. The van der Waals surface area contributed by atoms with Crippen molar-refractivity contribution in [2.24, 2.45) is 11.8 Å². The summed E-state index contributed by atoms with van der Waals surface area (Å²) in [5.74, 6) is 2.68. The fourth-order valence-electron chi connectivity index (χ4n) is 5.07. The van der Waals surface area contributed by atoms with Crippen LogP contribution in [0.1, 0.15) is 30.3 Å². The number of likely N-dealkylation sites (N-methyl/N-ethyl adjacent to an activating group) is 1. The minimum atomic E-state index is 0.00397. The van der Waals surface area contributed by atoms with Crippen molar-refractivity contribution >= 4 is 28.6 Å². The Morgan fingerprint density at radius 1 is 1.21 bits per heavy atom. The van der Waals surface area contributed by atoms with Gasteiger partial charge < -0.3 is 24.4 Å². The van der Waals surface area contributed by atoms with Crippen molar-refractivity contribution in [3.8, 4) is 5.75 Å². The van der Waals surface area contributed by atoms with Gasteiger partial charge in [-0.15, -0.1) is 0 Å². The van der Waals surface area contributed by atoms with E-state index in [1.807, 2.05) is 50.6 Å². The number of amides is 1. The lowest BCUT2D eigenvalue weighted by Crippen LogP contribution is -2.67. The maximum absolute atomic E-state index is 13.0. The van der Waals surface area contributed by atoms with Gasteiger partial charge in [0.2, 0.25) is 5.95 Å². The van der Waals surface area contributed by atoms with Gasteiger partial charge in [0.15, 0.2) is 0 Å². The molecule has 0 unspecified atom stereocenters. The molecule has 3 aromatic rings. The molecule has 174 valence electrons. The van der Waals surface area contributed by atoms with Crippen LogP contribution in [0.3, 0.4) is 0 Å². The molecule has 3 saturated carbocycles. The summed E-state index contributed by atoms with van der Waals surface area (Å²) in [6, 6.07) is 9.74. The van der Waals surface area contributed by atoms with Crippen LogP contribution in [0.15, 0.2) is 36.5 Å². The molecule has 3 aliphatic carbocycles. The molecule has 2 bridgehead atoms. The largest absolute Gasteiger partial charge is 0.492 e. The van der Waals surface area contributed by atoms with Crippen molar-refractivity contribution in [2.75, 3.05) is 46.7 Å². The third kappa shape index (κ3) is 3.62. The van der Waals surface area contributed by atoms with Gasteiger partial charge in [0.25, 0.3) is 5.91 Å². The highest BCUT2D eigenvalue weighted by Gasteiger charge is 2.65. The van der Waals surface area contributed by atoms with E-state index in [0.717, 1.165) is 47.8 Å². The molecule has 0 saturated heterocycles. The summed E-state index contributed by atoms with van der Waals surface area (Å²) in [5, 5.41) is 4.20. The topological polar surface area (TPSA) is 75.5 Å². The van der Waals surface area contributed by atoms with E-state index in [4.69, 9.17) is 9.72 Å². The highest BCUT2D eigenvalue weighted by atomic mass is 16.5. The van der Waals surface area contributed by atoms with Gasteiger partial charge >= 0.3 is 0 Å². The third-order valence-corrected chi connectivity index (χ3v) is 7.32. The van der Waals surface area contributed by atoms with Gasteiger partial charge in [-0.05, 0) is 69.1 Å². The first-order valence-corrected chi connectivity index (χ1v) is 11.5. The van der Waals surface area contributed by atoms with E-state index < -0.39 is 0 Å². The predicted octanol–water partition coefficient (Wildman–Crippen LogP) is 3.57. The number of aromatic nitrogens is 3. The summed E-state index contributed by atoms with van der Waals surface area (Å²) in [6.07, 6.45) is 4.05. The predicted molar refractivity (Wildman–Crippen MR) is 129 cm³/mol. The first-order valence-electron chi connectivity index (χ1n) is 11.5. The zero-order valence-electron chi connectivity index (χ0n) is 20.0. The Hall–Kier alpha value is -3.13. The molecule has 2 aromatic heterocycles. The van der Waals surface area contributed by atoms with Gasteiger partial charge in [0, 0.05) is 37.9 Å². The minimum absolute atomic E-state index is 0.00397. The molecule has 8 heteroatoms. The summed E-state index contributed by atoms with van der Waals surface area (Å²) in [6.45, 7) is 3.80. The summed E-state index contributed by atoms with van der Waals surface area (Å²) >= 11 is 0. The van der Waals surface area contributed by atoms with Gasteiger partial charge in [-0.3, -0.25) is 4.79 Å². The van der Waals surface area contributed by atoms with Crippen molar-refractivity contribution in [1.29, 1.82) is 0 Å². The lowest BCUT2D eigenvalue weighted by molar-refractivity contribution is -0.160. The first kappa shape index (κ1) is 21.7. The molecule has 1 aromatic carbocycles. The standard InChI is InChI=1S/C25H32N6O2/c1-16-18-13-25(16,14-18)31-21(23(32)30(4)5)12-17-15-26-24(28-22(17)31)27-19-6-8-20(9-7-19)33-11-10-29(2)3/h6-9,12,15-16,18H,10-11,13-14H2,1-5H3,(H,26,27,28)/t16-,18?,25?/m1/s1. The third-order valence-electron chi connectivity index (χ3n) is 7.32. The van der Waals surface area contributed by atoms with Gasteiger partial charge in [-0.2, -0.15) is 4.98 Å². The SMILES string of the molecule is C[C@@H]1C2CC1(n1c(C(=O)N(C)C)cc3cnc(Nc4ccc(OCCN(C)C)cc4)nc31)C2. The van der Waals surface area contributed by atoms with Crippen LogP contribution < -0.4 is 10.1 Å². The maximum atomic E-state index is 13.0. The molecule has 33 heavy (non-hydrogen) atoms. The quantitative estimate of drug-likeness (QED) is 0.568. The maximum Gasteiger partial charge on any atom is 0.270 e. The molecule has 0 spiro atoms. The van der Waals surface area contributed by atoms with E-state index in [1.54, 1.807) is 19.0 Å². The van der Waals surface area contributed by atoms with Crippen molar-refractivity contribution < 1.29 is 9.53 Å². The van der Waals surface area contributed by atoms with Crippen molar-refractivity contribution in [3.63, 3.8) is 0 Å². The van der Waals surface area contributed by atoms with Crippen molar-refractivity contribution in [3.05, 3.63) is 42.2 Å². The van der Waals surface area contributed by atoms with Crippen LogP contribution >= 0.6 is 0 Å². The average molecular weight is 449 g/mol. The van der Waals surface area contributed by atoms with E-state index in [2.05, 4.69) is 26.7 Å². The Balaban J connectivity index is 1.42. The molecule has 0 aliphatic heterocycles. The number of benzene rings is 1. The van der Waals surface area contributed by atoms with E-state index in [0.29, 0.717) is 24.2 Å². The van der Waals surface area contributed by atoms with Crippen LogP contribution in [0.25, 0.3) is 11.0 Å². The number of nitrogens with one attached hydrogen (secondary N) is 1. The zero-order chi connectivity index (χ0) is 23.3. The van der Waals surface area contributed by atoms with Crippen LogP contribution in [0.4, 0.5) is 11.6 Å². The number of hydrogen-bond donors (Lipinski definition) is 1. The molecule has 0 radical (unpaired) electrons. The average Bonchev–Trinajstić information content (AvgIpc) is 3.11. The second-order valence-electron chi connectivity index (χ2n) is 9.90. The molecule has 3 fully saturated rings. The molecule has 6 rings (SSSR count). The molecule has 2 heterocycles. The second-order valence-corrected chi connectivity index (χ2v) is 9.90. The van der Waals surface area contributed by atoms with Gasteiger partial charge in [-0.1, -0.05) is 6.92 Å². The van der Waals surface area contributed by atoms with Crippen LogP contribution in [0.5, 0.6) is 5.75 Å². The number of hydrogen-bond acceptors (Lipinski definition) is 6. The van der Waals surface area contributed by atoms with Gasteiger partial charge in [-0.25, -0.2) is 4.98 Å². The lowest BCUT2D eigenvalue weighted by atomic mass is 9.42. The monoisotopic (exact) mass is 448 g/mol. The Bertz CT molecular complexity index is 1180. The van der Waals surface area contributed by atoms with Crippen LogP contribution in [-0.4, -0.2) is 71.6 Å². The van der Waals surface area contributed by atoms with E-state index >= 15 is 0 Å².